The summed E-state index contributed by atoms with van der Waals surface area (Å²) in [5, 5.41) is 4.23. The van der Waals surface area contributed by atoms with Gasteiger partial charge in [-0.05, 0) is 44.9 Å². The number of nitrogens with one attached hydrogen (secondary N) is 1. The van der Waals surface area contributed by atoms with Gasteiger partial charge in [0, 0.05) is 29.4 Å². The number of nitrogens with zero attached hydrogens (tertiary/aromatic N) is 2. The number of fused-ring (bicyclic) bond motifs is 1. The first-order valence-corrected chi connectivity index (χ1v) is 8.94. The van der Waals surface area contributed by atoms with Crippen molar-refractivity contribution in [3.8, 4) is 0 Å². The summed E-state index contributed by atoms with van der Waals surface area (Å²) in [6, 6.07) is 5.50. The average molecular weight is 331 g/mol. The molecule has 0 spiro atoms. The molecular formula is C17H21N3O2S. The van der Waals surface area contributed by atoms with E-state index in [1.54, 1.807) is 6.07 Å². The average Bonchev–Trinajstić information content (AvgIpc) is 2.47. The van der Waals surface area contributed by atoms with Crippen molar-refractivity contribution in [2.24, 2.45) is 5.92 Å². The Morgan fingerprint density at radius 1 is 1.35 bits per heavy atom. The lowest BCUT2D eigenvalue weighted by molar-refractivity contribution is -0.122. The SMILES string of the molecule is CCN(CC)c1nc(=O)c2cc(NC(=O)C3CCC3)ccc2s1. The number of anilines is 2. The van der Waals surface area contributed by atoms with Crippen molar-refractivity contribution in [1.29, 1.82) is 0 Å². The van der Waals surface area contributed by atoms with Crippen LogP contribution >= 0.6 is 11.3 Å². The molecule has 1 amide bonds. The van der Waals surface area contributed by atoms with Crippen LogP contribution < -0.4 is 15.8 Å². The molecule has 3 rings (SSSR count). The van der Waals surface area contributed by atoms with Crippen LogP contribution in [0, 0.1) is 5.92 Å². The van der Waals surface area contributed by atoms with Crippen molar-refractivity contribution in [3.05, 3.63) is 28.6 Å². The second-order valence-corrected chi connectivity index (χ2v) is 6.81. The van der Waals surface area contributed by atoms with Crippen molar-refractivity contribution in [3.63, 3.8) is 0 Å². The summed E-state index contributed by atoms with van der Waals surface area (Å²) in [7, 11) is 0. The lowest BCUT2D eigenvalue weighted by Crippen LogP contribution is -2.28. The summed E-state index contributed by atoms with van der Waals surface area (Å²) in [6.07, 6.45) is 3.05. The number of carbonyl (C=O) groups excluding carboxylic acids is 1. The predicted octanol–water partition coefficient (Wildman–Crippen LogP) is 3.24. The molecular weight excluding hydrogens is 310 g/mol. The first kappa shape index (κ1) is 15.9. The fourth-order valence-electron chi connectivity index (χ4n) is 2.68. The summed E-state index contributed by atoms with van der Waals surface area (Å²) in [5.41, 5.74) is 0.441. The van der Waals surface area contributed by atoms with Gasteiger partial charge in [-0.3, -0.25) is 9.59 Å². The molecule has 1 aromatic heterocycles. The lowest BCUT2D eigenvalue weighted by atomic mass is 9.85. The quantitative estimate of drug-likeness (QED) is 0.913. The minimum Gasteiger partial charge on any atom is -0.349 e. The number of aromatic nitrogens is 1. The summed E-state index contributed by atoms with van der Waals surface area (Å²) in [6.45, 7) is 5.73. The molecule has 0 aliphatic heterocycles. The fraction of sp³-hybridized carbons (Fsp3) is 0.471. The molecule has 0 unspecified atom stereocenters. The molecule has 1 aliphatic carbocycles. The van der Waals surface area contributed by atoms with Gasteiger partial charge in [0.25, 0.3) is 5.56 Å². The van der Waals surface area contributed by atoms with Gasteiger partial charge in [-0.2, -0.15) is 4.98 Å². The monoisotopic (exact) mass is 331 g/mol. The summed E-state index contributed by atoms with van der Waals surface area (Å²) >= 11 is 1.51. The molecule has 122 valence electrons. The summed E-state index contributed by atoms with van der Waals surface area (Å²) < 4.78 is 0.897. The number of amides is 1. The van der Waals surface area contributed by atoms with Crippen LogP contribution in [0.1, 0.15) is 33.1 Å². The second-order valence-electron chi connectivity index (χ2n) is 5.80. The third-order valence-corrected chi connectivity index (χ3v) is 5.49. The molecule has 5 nitrogen and oxygen atoms in total. The van der Waals surface area contributed by atoms with E-state index in [-0.39, 0.29) is 17.4 Å². The van der Waals surface area contributed by atoms with Gasteiger partial charge >= 0.3 is 0 Å². The summed E-state index contributed by atoms with van der Waals surface area (Å²) in [5.74, 6) is 0.183. The highest BCUT2D eigenvalue weighted by molar-refractivity contribution is 7.21. The lowest BCUT2D eigenvalue weighted by Gasteiger charge is -2.24. The zero-order valence-electron chi connectivity index (χ0n) is 13.5. The van der Waals surface area contributed by atoms with E-state index in [1.165, 1.54) is 11.3 Å². The van der Waals surface area contributed by atoms with Crippen LogP contribution in [0.15, 0.2) is 23.0 Å². The highest BCUT2D eigenvalue weighted by atomic mass is 32.1. The topological polar surface area (TPSA) is 62.3 Å². The molecule has 1 fully saturated rings. The molecule has 23 heavy (non-hydrogen) atoms. The van der Waals surface area contributed by atoms with Gasteiger partial charge in [0.05, 0.1) is 5.39 Å². The highest BCUT2D eigenvalue weighted by Crippen LogP contribution is 2.29. The van der Waals surface area contributed by atoms with Gasteiger partial charge in [0.2, 0.25) is 5.91 Å². The van der Waals surface area contributed by atoms with Crippen molar-refractivity contribution in [1.82, 2.24) is 4.98 Å². The van der Waals surface area contributed by atoms with Gasteiger partial charge < -0.3 is 10.2 Å². The van der Waals surface area contributed by atoms with Gasteiger partial charge in [0.1, 0.15) is 0 Å². The van der Waals surface area contributed by atoms with Crippen LogP contribution in [0.4, 0.5) is 10.8 Å². The first-order valence-electron chi connectivity index (χ1n) is 8.13. The molecule has 1 aromatic carbocycles. The van der Waals surface area contributed by atoms with Crippen LogP contribution in [0.2, 0.25) is 0 Å². The molecule has 1 aliphatic rings. The Hall–Kier alpha value is -1.95. The Morgan fingerprint density at radius 2 is 2.09 bits per heavy atom. The molecule has 0 saturated heterocycles. The number of benzene rings is 1. The zero-order valence-corrected chi connectivity index (χ0v) is 14.3. The number of hydrogen-bond donors (Lipinski definition) is 1. The molecule has 0 radical (unpaired) electrons. The largest absolute Gasteiger partial charge is 0.349 e. The highest BCUT2D eigenvalue weighted by Gasteiger charge is 2.25. The van der Waals surface area contributed by atoms with E-state index in [0.29, 0.717) is 11.1 Å². The van der Waals surface area contributed by atoms with Crippen molar-refractivity contribution >= 4 is 38.1 Å². The van der Waals surface area contributed by atoms with Gasteiger partial charge in [-0.15, -0.1) is 0 Å². The minimum atomic E-state index is -0.236. The van der Waals surface area contributed by atoms with Gasteiger partial charge in [-0.25, -0.2) is 0 Å². The predicted molar refractivity (Wildman–Crippen MR) is 95.4 cm³/mol. The third-order valence-electron chi connectivity index (χ3n) is 4.39. The van der Waals surface area contributed by atoms with Crippen LogP contribution in [-0.2, 0) is 4.79 Å². The standard InChI is InChI=1S/C17H21N3O2S/c1-3-20(4-2)17-19-16(22)13-10-12(8-9-14(13)23-17)18-15(21)11-6-5-7-11/h8-11H,3-7H2,1-2H3,(H,18,21). The maximum Gasteiger partial charge on any atom is 0.281 e. The van der Waals surface area contributed by atoms with E-state index in [9.17, 15) is 9.59 Å². The second kappa shape index (κ2) is 6.66. The van der Waals surface area contributed by atoms with E-state index in [2.05, 4.69) is 15.2 Å². The molecule has 0 bridgehead atoms. The number of carbonyl (C=O) groups is 1. The van der Waals surface area contributed by atoms with Gasteiger partial charge in [0.15, 0.2) is 5.13 Å². The molecule has 0 atom stereocenters. The minimum absolute atomic E-state index is 0.0550. The molecule has 1 saturated carbocycles. The van der Waals surface area contributed by atoms with Crippen LogP contribution in [-0.4, -0.2) is 24.0 Å². The van der Waals surface area contributed by atoms with E-state index in [0.717, 1.165) is 42.2 Å². The van der Waals surface area contributed by atoms with Crippen LogP contribution in [0.25, 0.3) is 10.1 Å². The summed E-state index contributed by atoms with van der Waals surface area (Å²) in [4.78, 5) is 30.6. The Morgan fingerprint density at radius 3 is 2.70 bits per heavy atom. The Bertz CT molecular complexity index is 779. The maximum absolute atomic E-state index is 12.3. The first-order chi connectivity index (χ1) is 11.1. The van der Waals surface area contributed by atoms with E-state index in [1.807, 2.05) is 26.0 Å². The third kappa shape index (κ3) is 3.22. The Labute approximate surface area is 139 Å². The smallest absolute Gasteiger partial charge is 0.281 e. The van der Waals surface area contributed by atoms with Gasteiger partial charge in [-0.1, -0.05) is 17.8 Å². The number of hydrogen-bond acceptors (Lipinski definition) is 5. The molecule has 1 N–H and O–H groups in total. The fourth-order valence-corrected chi connectivity index (χ4v) is 3.78. The Balaban J connectivity index is 1.90. The van der Waals surface area contributed by atoms with Crippen molar-refractivity contribution < 1.29 is 4.79 Å². The molecule has 1 heterocycles. The normalized spacial score (nSPS) is 14.5. The van der Waals surface area contributed by atoms with Crippen LogP contribution in [0.5, 0.6) is 0 Å². The zero-order chi connectivity index (χ0) is 16.4. The Kier molecular flexibility index (Phi) is 4.61. The van der Waals surface area contributed by atoms with E-state index >= 15 is 0 Å². The van der Waals surface area contributed by atoms with E-state index in [4.69, 9.17) is 0 Å². The number of rotatable bonds is 5. The molecule has 6 heteroatoms. The van der Waals surface area contributed by atoms with E-state index < -0.39 is 0 Å². The maximum atomic E-state index is 12.3. The van der Waals surface area contributed by atoms with Crippen LogP contribution in [0.3, 0.4) is 0 Å². The van der Waals surface area contributed by atoms with Crippen molar-refractivity contribution in [2.45, 2.75) is 33.1 Å². The van der Waals surface area contributed by atoms with Crippen molar-refractivity contribution in [2.75, 3.05) is 23.3 Å². The molecule has 2 aromatic rings.